The number of carbonyl (C=O) groups excluding carboxylic acids is 2. The summed E-state index contributed by atoms with van der Waals surface area (Å²) < 4.78 is 0. The molecule has 1 aliphatic rings. The lowest BCUT2D eigenvalue weighted by Crippen LogP contribution is -2.41. The van der Waals surface area contributed by atoms with Gasteiger partial charge < -0.3 is 10.2 Å². The van der Waals surface area contributed by atoms with Gasteiger partial charge in [0.25, 0.3) is 0 Å². The zero-order chi connectivity index (χ0) is 15.4. The number of hydrogen-bond donors (Lipinski definition) is 1. The predicted octanol–water partition coefficient (Wildman–Crippen LogP) is 2.34. The van der Waals surface area contributed by atoms with E-state index in [9.17, 15) is 9.59 Å². The summed E-state index contributed by atoms with van der Waals surface area (Å²) in [5.41, 5.74) is 0.969. The van der Waals surface area contributed by atoms with Gasteiger partial charge in [-0.2, -0.15) is 0 Å². The maximum atomic E-state index is 12.2. The Balaban J connectivity index is 1.91. The molecular formula is C15H23N3O2S. The first-order valence-electron chi connectivity index (χ1n) is 7.48. The normalized spacial score (nSPS) is 17.5. The quantitative estimate of drug-likeness (QED) is 0.928. The van der Waals surface area contributed by atoms with Crippen molar-refractivity contribution in [2.24, 2.45) is 0 Å². The number of thiazole rings is 1. The molecule has 2 amide bonds. The van der Waals surface area contributed by atoms with E-state index >= 15 is 0 Å². The molecule has 0 unspecified atom stereocenters. The van der Waals surface area contributed by atoms with Gasteiger partial charge in [0.2, 0.25) is 11.8 Å². The molecule has 5 nitrogen and oxygen atoms in total. The van der Waals surface area contributed by atoms with E-state index in [0.717, 1.165) is 34.8 Å². The summed E-state index contributed by atoms with van der Waals surface area (Å²) >= 11 is 1.61. The Labute approximate surface area is 129 Å². The molecule has 0 spiro atoms. The summed E-state index contributed by atoms with van der Waals surface area (Å²) in [5, 5.41) is 3.98. The van der Waals surface area contributed by atoms with E-state index in [1.807, 2.05) is 20.8 Å². The number of hydrogen-bond acceptors (Lipinski definition) is 4. The maximum Gasteiger partial charge on any atom is 0.240 e. The number of aryl methyl sites for hydroxylation is 2. The molecule has 1 atom stereocenters. The van der Waals surface area contributed by atoms with E-state index in [4.69, 9.17) is 0 Å². The Morgan fingerprint density at radius 3 is 2.81 bits per heavy atom. The molecule has 0 bridgehead atoms. The van der Waals surface area contributed by atoms with E-state index < -0.39 is 0 Å². The first kappa shape index (κ1) is 15.9. The summed E-state index contributed by atoms with van der Waals surface area (Å²) in [6.45, 7) is 6.74. The highest BCUT2D eigenvalue weighted by molar-refractivity contribution is 7.11. The van der Waals surface area contributed by atoms with Crippen molar-refractivity contribution in [3.05, 3.63) is 15.6 Å². The smallest absolute Gasteiger partial charge is 0.240 e. The molecule has 1 N–H and O–H groups in total. The second-order valence-corrected chi connectivity index (χ2v) is 6.83. The monoisotopic (exact) mass is 309 g/mol. The third-order valence-electron chi connectivity index (χ3n) is 3.72. The highest BCUT2D eigenvalue weighted by atomic mass is 32.1. The molecule has 0 aliphatic carbocycles. The van der Waals surface area contributed by atoms with E-state index in [2.05, 4.69) is 10.3 Å². The van der Waals surface area contributed by atoms with E-state index in [1.165, 1.54) is 0 Å². The van der Waals surface area contributed by atoms with E-state index in [0.29, 0.717) is 13.0 Å². The van der Waals surface area contributed by atoms with Gasteiger partial charge in [-0.1, -0.05) is 6.42 Å². The van der Waals surface area contributed by atoms with Gasteiger partial charge in [0, 0.05) is 17.8 Å². The summed E-state index contributed by atoms with van der Waals surface area (Å²) in [7, 11) is 0. The van der Waals surface area contributed by atoms with Crippen molar-refractivity contribution in [2.75, 3.05) is 13.1 Å². The molecular weight excluding hydrogens is 286 g/mol. The third kappa shape index (κ3) is 4.27. The van der Waals surface area contributed by atoms with Crippen LogP contribution in [0, 0.1) is 13.8 Å². The van der Waals surface area contributed by atoms with Crippen LogP contribution in [0.1, 0.15) is 54.2 Å². The summed E-state index contributed by atoms with van der Waals surface area (Å²) in [6, 6.07) is -0.0641. The van der Waals surface area contributed by atoms with Crippen molar-refractivity contribution in [1.29, 1.82) is 0 Å². The van der Waals surface area contributed by atoms with Crippen LogP contribution in [0.25, 0.3) is 0 Å². The van der Waals surface area contributed by atoms with Crippen molar-refractivity contribution < 1.29 is 9.59 Å². The second-order valence-electron chi connectivity index (χ2n) is 5.60. The lowest BCUT2D eigenvalue weighted by Gasteiger charge is -2.21. The largest absolute Gasteiger partial charge is 0.347 e. The molecule has 1 fully saturated rings. The Morgan fingerprint density at radius 1 is 1.38 bits per heavy atom. The molecule has 0 saturated carbocycles. The highest BCUT2D eigenvalue weighted by Gasteiger charge is 2.21. The van der Waals surface area contributed by atoms with Gasteiger partial charge in [-0.15, -0.1) is 11.3 Å². The molecule has 116 valence electrons. The van der Waals surface area contributed by atoms with Gasteiger partial charge in [0.1, 0.15) is 0 Å². The summed E-state index contributed by atoms with van der Waals surface area (Å²) in [5.74, 6) is 0.00308. The summed E-state index contributed by atoms with van der Waals surface area (Å²) in [6.07, 6.45) is 3.56. The van der Waals surface area contributed by atoms with Crippen LogP contribution in [0.2, 0.25) is 0 Å². The van der Waals surface area contributed by atoms with Crippen molar-refractivity contribution >= 4 is 23.2 Å². The van der Waals surface area contributed by atoms with Crippen LogP contribution in [-0.4, -0.2) is 34.8 Å². The fraction of sp³-hybridized carbons (Fsp3) is 0.667. The van der Waals surface area contributed by atoms with Crippen molar-refractivity contribution in [3.63, 3.8) is 0 Å². The number of amides is 2. The molecule has 0 radical (unpaired) electrons. The summed E-state index contributed by atoms with van der Waals surface area (Å²) in [4.78, 5) is 31.2. The lowest BCUT2D eigenvalue weighted by atomic mass is 10.2. The van der Waals surface area contributed by atoms with Gasteiger partial charge in [-0.05, 0) is 33.6 Å². The number of carbonyl (C=O) groups is 2. The van der Waals surface area contributed by atoms with E-state index in [1.54, 1.807) is 16.2 Å². The van der Waals surface area contributed by atoms with Gasteiger partial charge in [-0.3, -0.25) is 9.59 Å². The number of aromatic nitrogens is 1. The third-order valence-corrected chi connectivity index (χ3v) is 4.97. The maximum absolute atomic E-state index is 12.2. The molecule has 2 heterocycles. The van der Waals surface area contributed by atoms with Gasteiger partial charge in [0.15, 0.2) is 0 Å². The molecule has 21 heavy (non-hydrogen) atoms. The topological polar surface area (TPSA) is 62.3 Å². The minimum atomic E-state index is -0.0943. The van der Waals surface area contributed by atoms with Crippen LogP contribution in [-0.2, 0) is 9.59 Å². The SMILES string of the molecule is Cc1nc(C)c([C@H](C)NC(=O)CN2CCCCCC2=O)s1. The minimum absolute atomic E-state index is 0.0641. The van der Waals surface area contributed by atoms with Gasteiger partial charge in [0.05, 0.1) is 23.3 Å². The molecule has 1 aromatic heterocycles. The minimum Gasteiger partial charge on any atom is -0.347 e. The van der Waals surface area contributed by atoms with Crippen LogP contribution in [0.4, 0.5) is 0 Å². The molecule has 6 heteroatoms. The first-order valence-corrected chi connectivity index (χ1v) is 8.30. The average Bonchev–Trinajstić information content (AvgIpc) is 2.62. The number of likely N-dealkylation sites (tertiary alicyclic amines) is 1. The zero-order valence-electron chi connectivity index (χ0n) is 12.9. The van der Waals surface area contributed by atoms with Crippen molar-refractivity contribution in [1.82, 2.24) is 15.2 Å². The molecule has 1 saturated heterocycles. The van der Waals surface area contributed by atoms with Crippen LogP contribution in [0.3, 0.4) is 0 Å². The molecule has 0 aromatic carbocycles. The van der Waals surface area contributed by atoms with Crippen LogP contribution < -0.4 is 5.32 Å². The standard InChI is InChI=1S/C15H23N3O2S/c1-10-15(21-12(3)16-10)11(2)17-13(19)9-18-8-6-4-5-7-14(18)20/h11H,4-9H2,1-3H3,(H,17,19)/t11-/m0/s1. The zero-order valence-corrected chi connectivity index (χ0v) is 13.8. The van der Waals surface area contributed by atoms with Crippen LogP contribution in [0.5, 0.6) is 0 Å². The van der Waals surface area contributed by atoms with E-state index in [-0.39, 0.29) is 24.4 Å². The van der Waals surface area contributed by atoms with Gasteiger partial charge in [-0.25, -0.2) is 4.98 Å². The van der Waals surface area contributed by atoms with Gasteiger partial charge >= 0.3 is 0 Å². The van der Waals surface area contributed by atoms with Crippen molar-refractivity contribution in [3.8, 4) is 0 Å². The predicted molar refractivity (Wildman–Crippen MR) is 83.2 cm³/mol. The van der Waals surface area contributed by atoms with Crippen molar-refractivity contribution in [2.45, 2.75) is 52.5 Å². The number of nitrogens with one attached hydrogen (secondary N) is 1. The lowest BCUT2D eigenvalue weighted by molar-refractivity contribution is -0.135. The fourth-order valence-corrected chi connectivity index (χ4v) is 3.61. The Kier molecular flexibility index (Phi) is 5.33. The number of rotatable bonds is 4. The fourth-order valence-electron chi connectivity index (χ4n) is 2.68. The molecule has 2 rings (SSSR count). The molecule has 1 aliphatic heterocycles. The Bertz CT molecular complexity index is 527. The molecule has 1 aromatic rings. The number of nitrogens with zero attached hydrogens (tertiary/aromatic N) is 2. The Morgan fingerprint density at radius 2 is 2.14 bits per heavy atom. The first-order chi connectivity index (χ1) is 9.97. The average molecular weight is 309 g/mol. The van der Waals surface area contributed by atoms with Crippen LogP contribution in [0.15, 0.2) is 0 Å². The Hall–Kier alpha value is -1.43. The second kappa shape index (κ2) is 7.02. The van der Waals surface area contributed by atoms with Crippen LogP contribution >= 0.6 is 11.3 Å². The highest BCUT2D eigenvalue weighted by Crippen LogP contribution is 2.24.